The van der Waals surface area contributed by atoms with Crippen LogP contribution in [0.1, 0.15) is 220 Å². The van der Waals surface area contributed by atoms with E-state index in [1.165, 1.54) is 193 Å². The molecule has 2 heteroatoms. The van der Waals surface area contributed by atoms with Crippen LogP contribution in [0, 0.1) is 5.92 Å². The van der Waals surface area contributed by atoms with E-state index in [0.717, 1.165) is 5.92 Å². The first-order valence-electron chi connectivity index (χ1n) is 17.9. The second-order valence-electron chi connectivity index (χ2n) is 12.8. The Kier molecular flexibility index (Phi) is 33.8. The molecule has 0 aromatic heterocycles. The fourth-order valence-electron chi connectivity index (χ4n) is 6.42. The predicted molar refractivity (Wildman–Crippen MR) is 179 cm³/mol. The molecule has 0 aromatic carbocycles. The van der Waals surface area contributed by atoms with Crippen LogP contribution in [-0.2, 0) is 0 Å². The number of unbranched alkanes of at least 4 members (excludes halogenated alkanes) is 22. The van der Waals surface area contributed by atoms with Crippen molar-refractivity contribution >= 4 is 12.4 Å². The van der Waals surface area contributed by atoms with Crippen LogP contribution < -0.4 is 5.73 Å². The zero-order valence-electron chi connectivity index (χ0n) is 27.3. The van der Waals surface area contributed by atoms with Crippen molar-refractivity contribution in [1.82, 2.24) is 0 Å². The lowest BCUT2D eigenvalue weighted by molar-refractivity contribution is 0.190. The summed E-state index contributed by atoms with van der Waals surface area (Å²) in [4.78, 5) is 0. The van der Waals surface area contributed by atoms with Crippen molar-refractivity contribution in [3.8, 4) is 0 Å². The zero-order valence-corrected chi connectivity index (χ0v) is 28.1. The molecular weight excluding hydrogens is 482 g/mol. The van der Waals surface area contributed by atoms with Crippen molar-refractivity contribution in [2.75, 3.05) is 0 Å². The number of nitrogens with two attached hydrogens (primary N) is 1. The molecule has 0 aliphatic heterocycles. The maximum absolute atomic E-state index is 7.38. The highest BCUT2D eigenvalue weighted by Crippen LogP contribution is 2.35. The summed E-state index contributed by atoms with van der Waals surface area (Å²) < 4.78 is 0. The van der Waals surface area contributed by atoms with Gasteiger partial charge < -0.3 is 5.73 Å². The molecule has 0 heterocycles. The molecule has 0 spiro atoms. The summed E-state index contributed by atoms with van der Waals surface area (Å²) in [5, 5.41) is 0. The van der Waals surface area contributed by atoms with E-state index in [4.69, 9.17) is 5.73 Å². The monoisotopic (exact) mass is 558 g/mol. The lowest BCUT2D eigenvalue weighted by Gasteiger charge is -2.39. The molecule has 0 amide bonds. The molecular formula is C36H76ClN. The summed E-state index contributed by atoms with van der Waals surface area (Å²) in [6.07, 6.45) is 42.1. The van der Waals surface area contributed by atoms with Crippen LogP contribution in [0.3, 0.4) is 0 Å². The Balaban J connectivity index is 0. The van der Waals surface area contributed by atoms with E-state index in [9.17, 15) is 0 Å². The Morgan fingerprint density at radius 1 is 0.368 bits per heavy atom. The van der Waals surface area contributed by atoms with Crippen LogP contribution in [0.4, 0.5) is 0 Å². The van der Waals surface area contributed by atoms with Crippen molar-refractivity contribution in [1.29, 1.82) is 0 Å². The van der Waals surface area contributed by atoms with Gasteiger partial charge in [0.2, 0.25) is 0 Å². The third-order valence-corrected chi connectivity index (χ3v) is 9.12. The SMILES string of the molecule is CCCCCCCCCCCCCCCCC(CCCCCC)C(N)(CCCCCC)CCCCCC.Cl. The molecule has 0 aromatic rings. The molecule has 0 bridgehead atoms. The second kappa shape index (κ2) is 31.8. The van der Waals surface area contributed by atoms with Gasteiger partial charge in [-0.1, -0.05) is 195 Å². The molecule has 38 heavy (non-hydrogen) atoms. The molecule has 232 valence electrons. The molecule has 0 fully saturated rings. The van der Waals surface area contributed by atoms with Gasteiger partial charge in [-0.05, 0) is 31.6 Å². The average Bonchev–Trinajstić information content (AvgIpc) is 2.90. The highest BCUT2D eigenvalue weighted by molar-refractivity contribution is 5.85. The fraction of sp³-hybridized carbons (Fsp3) is 1.00. The first-order valence-corrected chi connectivity index (χ1v) is 17.9. The second-order valence-corrected chi connectivity index (χ2v) is 12.8. The number of hydrogen-bond donors (Lipinski definition) is 1. The highest BCUT2D eigenvalue weighted by Gasteiger charge is 2.33. The van der Waals surface area contributed by atoms with Gasteiger partial charge in [0.15, 0.2) is 0 Å². The summed E-state index contributed by atoms with van der Waals surface area (Å²) in [6.45, 7) is 9.30. The standard InChI is InChI=1S/C36H75N.ClH/c1-5-9-13-17-18-19-20-21-22-23-24-25-26-28-32-35(31-27-14-10-6-2)36(37,33-29-15-11-7-3)34-30-16-12-8-4;/h35H,5-34,37H2,1-4H3;1H. The predicted octanol–water partition coefficient (Wildman–Crippen LogP) is 13.5. The summed E-state index contributed by atoms with van der Waals surface area (Å²) in [5.74, 6) is 0.755. The maximum Gasteiger partial charge on any atom is 0.0182 e. The van der Waals surface area contributed by atoms with Crippen LogP contribution in [0.2, 0.25) is 0 Å². The number of rotatable bonds is 31. The van der Waals surface area contributed by atoms with E-state index in [0.29, 0.717) is 0 Å². The van der Waals surface area contributed by atoms with E-state index in [1.807, 2.05) is 0 Å². The van der Waals surface area contributed by atoms with E-state index in [1.54, 1.807) is 0 Å². The smallest absolute Gasteiger partial charge is 0.0182 e. The minimum atomic E-state index is 0. The Labute approximate surface area is 249 Å². The van der Waals surface area contributed by atoms with Crippen molar-refractivity contribution in [2.24, 2.45) is 11.7 Å². The normalized spacial score (nSPS) is 12.6. The Morgan fingerprint density at radius 2 is 0.605 bits per heavy atom. The maximum atomic E-state index is 7.38. The van der Waals surface area contributed by atoms with Crippen molar-refractivity contribution in [3.05, 3.63) is 0 Å². The van der Waals surface area contributed by atoms with Crippen LogP contribution in [-0.4, -0.2) is 5.54 Å². The lowest BCUT2D eigenvalue weighted by Crippen LogP contribution is -2.47. The molecule has 1 atom stereocenters. The van der Waals surface area contributed by atoms with Crippen LogP contribution in [0.5, 0.6) is 0 Å². The Bertz CT molecular complexity index is 412. The van der Waals surface area contributed by atoms with Gasteiger partial charge in [-0.2, -0.15) is 0 Å². The van der Waals surface area contributed by atoms with Gasteiger partial charge in [-0.15, -0.1) is 12.4 Å². The van der Waals surface area contributed by atoms with Crippen LogP contribution in [0.25, 0.3) is 0 Å². The topological polar surface area (TPSA) is 26.0 Å². The van der Waals surface area contributed by atoms with E-state index >= 15 is 0 Å². The van der Waals surface area contributed by atoms with Gasteiger partial charge in [-0.25, -0.2) is 0 Å². The van der Waals surface area contributed by atoms with Crippen molar-refractivity contribution in [3.63, 3.8) is 0 Å². The lowest BCUT2D eigenvalue weighted by atomic mass is 9.72. The largest absolute Gasteiger partial charge is 0.325 e. The van der Waals surface area contributed by atoms with Crippen molar-refractivity contribution < 1.29 is 0 Å². The molecule has 1 unspecified atom stereocenters. The Hall–Kier alpha value is 0.250. The van der Waals surface area contributed by atoms with Gasteiger partial charge in [0.05, 0.1) is 0 Å². The zero-order chi connectivity index (χ0) is 27.3. The molecule has 0 saturated heterocycles. The van der Waals surface area contributed by atoms with Gasteiger partial charge in [-0.3, -0.25) is 0 Å². The van der Waals surface area contributed by atoms with Gasteiger partial charge in [0.25, 0.3) is 0 Å². The third kappa shape index (κ3) is 25.2. The van der Waals surface area contributed by atoms with Gasteiger partial charge in [0.1, 0.15) is 0 Å². The fourth-order valence-corrected chi connectivity index (χ4v) is 6.42. The molecule has 0 aliphatic rings. The number of hydrogen-bond acceptors (Lipinski definition) is 1. The summed E-state index contributed by atoms with van der Waals surface area (Å²) >= 11 is 0. The summed E-state index contributed by atoms with van der Waals surface area (Å²) in [7, 11) is 0. The first-order chi connectivity index (χ1) is 18.1. The van der Waals surface area contributed by atoms with E-state index in [2.05, 4.69) is 27.7 Å². The highest BCUT2D eigenvalue weighted by atomic mass is 35.5. The van der Waals surface area contributed by atoms with Crippen LogP contribution >= 0.6 is 12.4 Å². The molecule has 0 saturated carbocycles. The third-order valence-electron chi connectivity index (χ3n) is 9.12. The number of halogens is 1. The van der Waals surface area contributed by atoms with E-state index < -0.39 is 0 Å². The minimum absolute atomic E-state index is 0. The first kappa shape index (κ1) is 40.4. The Morgan fingerprint density at radius 3 is 0.921 bits per heavy atom. The molecule has 2 N–H and O–H groups in total. The quantitative estimate of drug-likeness (QED) is 0.0842. The van der Waals surface area contributed by atoms with E-state index in [-0.39, 0.29) is 17.9 Å². The molecule has 0 aliphatic carbocycles. The van der Waals surface area contributed by atoms with Crippen LogP contribution in [0.15, 0.2) is 0 Å². The summed E-state index contributed by atoms with van der Waals surface area (Å²) in [5.41, 5.74) is 7.48. The van der Waals surface area contributed by atoms with Gasteiger partial charge in [0, 0.05) is 5.54 Å². The summed E-state index contributed by atoms with van der Waals surface area (Å²) in [6, 6.07) is 0. The van der Waals surface area contributed by atoms with Crippen molar-refractivity contribution in [2.45, 2.75) is 226 Å². The molecule has 0 rings (SSSR count). The minimum Gasteiger partial charge on any atom is -0.325 e. The molecule has 0 radical (unpaired) electrons. The van der Waals surface area contributed by atoms with Gasteiger partial charge >= 0.3 is 0 Å². The average molecular weight is 558 g/mol. The molecule has 1 nitrogen and oxygen atoms in total.